The third kappa shape index (κ3) is 1.93. The molecule has 0 saturated heterocycles. The average Bonchev–Trinajstić information content (AvgIpc) is 2.38. The Bertz CT molecular complexity index is 555. The number of fused-ring (bicyclic) bond motifs is 1. The zero-order chi connectivity index (χ0) is 12.6. The first kappa shape index (κ1) is 11.7. The third-order valence-corrected chi connectivity index (χ3v) is 4.26. The number of benzene rings is 2. The van der Waals surface area contributed by atoms with Gasteiger partial charge in [0.05, 0.1) is 5.60 Å². The van der Waals surface area contributed by atoms with Crippen molar-refractivity contribution < 1.29 is 5.11 Å². The lowest BCUT2D eigenvalue weighted by molar-refractivity contribution is -0.0165. The Labute approximate surface area is 108 Å². The van der Waals surface area contributed by atoms with E-state index in [1.54, 1.807) is 0 Å². The van der Waals surface area contributed by atoms with Crippen molar-refractivity contribution in [3.8, 4) is 0 Å². The summed E-state index contributed by atoms with van der Waals surface area (Å²) in [5.74, 6) is 0.614. The first-order valence-corrected chi connectivity index (χ1v) is 6.90. The molecule has 2 aromatic carbocycles. The monoisotopic (exact) mass is 240 g/mol. The van der Waals surface area contributed by atoms with E-state index in [0.717, 1.165) is 24.8 Å². The van der Waals surface area contributed by atoms with Crippen molar-refractivity contribution in [2.24, 2.45) is 5.92 Å². The van der Waals surface area contributed by atoms with Crippen molar-refractivity contribution in [3.63, 3.8) is 0 Å². The molecule has 2 aromatic rings. The number of hydrogen-bond donors (Lipinski definition) is 1. The van der Waals surface area contributed by atoms with Gasteiger partial charge < -0.3 is 5.11 Å². The fourth-order valence-electron chi connectivity index (χ4n) is 3.40. The smallest absolute Gasteiger partial charge is 0.0905 e. The maximum absolute atomic E-state index is 11.0. The molecule has 1 saturated carbocycles. The molecule has 2 unspecified atom stereocenters. The molecule has 0 spiro atoms. The van der Waals surface area contributed by atoms with E-state index >= 15 is 0 Å². The van der Waals surface area contributed by atoms with Crippen molar-refractivity contribution in [1.82, 2.24) is 0 Å². The molecule has 0 amide bonds. The van der Waals surface area contributed by atoms with Gasteiger partial charge in [-0.25, -0.2) is 0 Å². The van der Waals surface area contributed by atoms with Gasteiger partial charge in [-0.05, 0) is 41.5 Å². The molecule has 0 aromatic heterocycles. The normalized spacial score (nSPS) is 28.4. The van der Waals surface area contributed by atoms with E-state index < -0.39 is 5.60 Å². The maximum Gasteiger partial charge on any atom is 0.0905 e. The minimum atomic E-state index is -0.626. The molecule has 1 fully saturated rings. The van der Waals surface area contributed by atoms with Crippen LogP contribution in [0, 0.1) is 5.92 Å². The molecule has 2 atom stereocenters. The van der Waals surface area contributed by atoms with Crippen molar-refractivity contribution >= 4 is 10.8 Å². The highest BCUT2D eigenvalue weighted by molar-refractivity contribution is 5.86. The maximum atomic E-state index is 11.0. The Morgan fingerprint density at radius 2 is 1.89 bits per heavy atom. The lowest BCUT2D eigenvalue weighted by Crippen LogP contribution is -2.32. The minimum absolute atomic E-state index is 0.614. The highest BCUT2D eigenvalue weighted by atomic mass is 16.3. The third-order valence-electron chi connectivity index (χ3n) is 4.26. The quantitative estimate of drug-likeness (QED) is 0.790. The molecule has 3 rings (SSSR count). The summed E-state index contributed by atoms with van der Waals surface area (Å²) in [5.41, 5.74) is 0.491. The molecule has 18 heavy (non-hydrogen) atoms. The summed E-state index contributed by atoms with van der Waals surface area (Å²) in [6.07, 6.45) is 4.15. The number of rotatable bonds is 1. The van der Waals surface area contributed by atoms with Crippen molar-refractivity contribution in [1.29, 1.82) is 0 Å². The van der Waals surface area contributed by atoms with Crippen LogP contribution in [0.4, 0.5) is 0 Å². The highest BCUT2D eigenvalue weighted by Gasteiger charge is 2.35. The molecule has 1 aliphatic carbocycles. The van der Waals surface area contributed by atoms with Gasteiger partial charge in [0.1, 0.15) is 0 Å². The predicted octanol–water partition coefficient (Wildman–Crippen LogP) is 4.24. The van der Waals surface area contributed by atoms with E-state index in [9.17, 15) is 5.11 Å². The van der Waals surface area contributed by atoms with E-state index in [2.05, 4.69) is 49.4 Å². The molecule has 1 nitrogen and oxygen atoms in total. The molecule has 0 radical (unpaired) electrons. The van der Waals surface area contributed by atoms with Crippen molar-refractivity contribution in [2.75, 3.05) is 0 Å². The van der Waals surface area contributed by atoms with Crippen molar-refractivity contribution in [3.05, 3.63) is 48.0 Å². The average molecular weight is 240 g/mol. The van der Waals surface area contributed by atoms with Crippen LogP contribution in [0.15, 0.2) is 42.5 Å². The summed E-state index contributed by atoms with van der Waals surface area (Å²) in [6, 6.07) is 14.6. The fraction of sp³-hybridized carbons (Fsp3) is 0.412. The molecular formula is C17H20O. The molecule has 1 heteroatoms. The lowest BCUT2D eigenvalue weighted by Gasteiger charge is -2.36. The fourth-order valence-corrected chi connectivity index (χ4v) is 3.40. The van der Waals surface area contributed by atoms with Crippen LogP contribution in [-0.4, -0.2) is 5.11 Å². The van der Waals surface area contributed by atoms with Crippen LogP contribution in [0.3, 0.4) is 0 Å². The van der Waals surface area contributed by atoms with E-state index in [0.29, 0.717) is 5.92 Å². The van der Waals surface area contributed by atoms with Gasteiger partial charge in [0, 0.05) is 0 Å². The minimum Gasteiger partial charge on any atom is -0.385 e. The van der Waals surface area contributed by atoms with Gasteiger partial charge >= 0.3 is 0 Å². The molecule has 1 aliphatic rings. The van der Waals surface area contributed by atoms with Crippen LogP contribution >= 0.6 is 0 Å². The molecular weight excluding hydrogens is 220 g/mol. The Hall–Kier alpha value is -1.34. The van der Waals surface area contributed by atoms with Crippen molar-refractivity contribution in [2.45, 2.75) is 38.2 Å². The number of hydrogen-bond acceptors (Lipinski definition) is 1. The highest BCUT2D eigenvalue weighted by Crippen LogP contribution is 2.42. The van der Waals surface area contributed by atoms with Crippen LogP contribution in [0.5, 0.6) is 0 Å². The molecule has 94 valence electrons. The van der Waals surface area contributed by atoms with Gasteiger partial charge in [0.2, 0.25) is 0 Å². The first-order chi connectivity index (χ1) is 8.69. The van der Waals surface area contributed by atoms with Crippen LogP contribution in [0.1, 0.15) is 38.2 Å². The number of aliphatic hydroxyl groups is 1. The summed E-state index contributed by atoms with van der Waals surface area (Å²) in [7, 11) is 0. The largest absolute Gasteiger partial charge is 0.385 e. The zero-order valence-corrected chi connectivity index (χ0v) is 10.9. The Morgan fingerprint density at radius 1 is 1.11 bits per heavy atom. The second-order valence-electron chi connectivity index (χ2n) is 5.76. The van der Waals surface area contributed by atoms with Crippen LogP contribution < -0.4 is 0 Å². The standard InChI is InChI=1S/C17H20O/c1-13-6-5-11-17(18,12-13)16-10-4-8-14-7-2-3-9-15(14)16/h2-4,7-10,13,18H,5-6,11-12H2,1H3. The van der Waals surface area contributed by atoms with Gasteiger partial charge in [-0.3, -0.25) is 0 Å². The molecule has 1 N–H and O–H groups in total. The molecule has 0 aliphatic heterocycles. The molecule has 0 heterocycles. The summed E-state index contributed by atoms with van der Waals surface area (Å²) in [5, 5.41) is 13.4. The van der Waals surface area contributed by atoms with Crippen LogP contribution in [-0.2, 0) is 5.60 Å². The van der Waals surface area contributed by atoms with Gasteiger partial charge in [-0.1, -0.05) is 55.8 Å². The van der Waals surface area contributed by atoms with Gasteiger partial charge in [0.25, 0.3) is 0 Å². The Morgan fingerprint density at radius 3 is 2.72 bits per heavy atom. The van der Waals surface area contributed by atoms with E-state index in [1.807, 2.05) is 0 Å². The van der Waals surface area contributed by atoms with Gasteiger partial charge in [-0.2, -0.15) is 0 Å². The second-order valence-corrected chi connectivity index (χ2v) is 5.76. The summed E-state index contributed by atoms with van der Waals surface area (Å²) >= 11 is 0. The first-order valence-electron chi connectivity index (χ1n) is 6.90. The predicted molar refractivity (Wildman–Crippen MR) is 75.5 cm³/mol. The lowest BCUT2D eigenvalue weighted by atomic mass is 9.74. The van der Waals surface area contributed by atoms with Crippen LogP contribution in [0.25, 0.3) is 10.8 Å². The van der Waals surface area contributed by atoms with E-state index in [1.165, 1.54) is 17.2 Å². The van der Waals surface area contributed by atoms with Gasteiger partial charge in [-0.15, -0.1) is 0 Å². The summed E-state index contributed by atoms with van der Waals surface area (Å²) < 4.78 is 0. The van der Waals surface area contributed by atoms with Crippen LogP contribution in [0.2, 0.25) is 0 Å². The summed E-state index contributed by atoms with van der Waals surface area (Å²) in [4.78, 5) is 0. The zero-order valence-electron chi connectivity index (χ0n) is 10.9. The Kier molecular flexibility index (Phi) is 2.87. The Balaban J connectivity index is 2.13. The van der Waals surface area contributed by atoms with E-state index in [-0.39, 0.29) is 0 Å². The molecule has 0 bridgehead atoms. The van der Waals surface area contributed by atoms with E-state index in [4.69, 9.17) is 0 Å². The summed E-state index contributed by atoms with van der Waals surface area (Å²) in [6.45, 7) is 2.25. The second kappa shape index (κ2) is 4.40. The van der Waals surface area contributed by atoms with Gasteiger partial charge in [0.15, 0.2) is 0 Å². The topological polar surface area (TPSA) is 20.2 Å². The SMILES string of the molecule is CC1CCCC(O)(c2cccc3ccccc23)C1.